The second-order valence-corrected chi connectivity index (χ2v) is 7.45. The molecule has 0 radical (unpaired) electrons. The van der Waals surface area contributed by atoms with E-state index in [4.69, 9.17) is 5.73 Å². The summed E-state index contributed by atoms with van der Waals surface area (Å²) < 4.78 is 1.80. The number of hydrogen-bond donors (Lipinski definition) is 1. The second kappa shape index (κ2) is 7.14. The maximum Gasteiger partial charge on any atom is 0.235 e. The third kappa shape index (κ3) is 3.28. The van der Waals surface area contributed by atoms with E-state index in [0.29, 0.717) is 19.5 Å². The molecule has 0 saturated heterocycles. The van der Waals surface area contributed by atoms with Gasteiger partial charge >= 0.3 is 0 Å². The lowest BCUT2D eigenvalue weighted by molar-refractivity contribution is -0.124. The number of fused-ring (bicyclic) bond motifs is 2. The summed E-state index contributed by atoms with van der Waals surface area (Å²) in [5, 5.41) is 4.48. The Kier molecular flexibility index (Phi) is 4.33. The molecule has 2 N–H and O–H groups in total. The Labute approximate surface area is 168 Å². The molecule has 2 aromatic heterocycles. The Bertz CT molecular complexity index is 1180. The minimum absolute atomic E-state index is 0.293. The molecule has 144 valence electrons. The Morgan fingerprint density at radius 3 is 2.59 bits per heavy atom. The summed E-state index contributed by atoms with van der Waals surface area (Å²) in [6.07, 6.45) is 6.32. The van der Waals surface area contributed by atoms with Gasteiger partial charge in [0, 0.05) is 36.6 Å². The molecule has 3 heterocycles. The van der Waals surface area contributed by atoms with Crippen molar-refractivity contribution < 1.29 is 4.79 Å². The normalized spacial score (nSPS) is 16.6. The fraction of sp³-hybridized carbons (Fsp3) is 0.174. The number of benzene rings is 2. The molecule has 0 bridgehead atoms. The second-order valence-electron chi connectivity index (χ2n) is 7.45. The monoisotopic (exact) mass is 383 g/mol. The summed E-state index contributed by atoms with van der Waals surface area (Å²) in [5.74, 6) is -0.293. The minimum atomic E-state index is -0.321. The van der Waals surface area contributed by atoms with Crippen molar-refractivity contribution in [2.75, 3.05) is 0 Å². The van der Waals surface area contributed by atoms with E-state index in [-0.39, 0.29) is 11.9 Å². The molecule has 5 rings (SSSR count). The molecule has 0 unspecified atom stereocenters. The lowest BCUT2D eigenvalue weighted by Gasteiger charge is -2.35. The van der Waals surface area contributed by atoms with Crippen molar-refractivity contribution in [1.82, 2.24) is 19.5 Å². The lowest BCUT2D eigenvalue weighted by Crippen LogP contribution is -2.48. The summed E-state index contributed by atoms with van der Waals surface area (Å²) >= 11 is 0. The topological polar surface area (TPSA) is 76.5 Å². The molecule has 1 atom stereocenters. The van der Waals surface area contributed by atoms with Crippen molar-refractivity contribution in [1.29, 1.82) is 0 Å². The molecule has 2 aromatic carbocycles. The van der Waals surface area contributed by atoms with Crippen LogP contribution in [0.3, 0.4) is 0 Å². The first-order chi connectivity index (χ1) is 14.2. The van der Waals surface area contributed by atoms with Crippen molar-refractivity contribution >= 4 is 11.6 Å². The third-order valence-electron chi connectivity index (χ3n) is 5.55. The Morgan fingerprint density at radius 2 is 1.79 bits per heavy atom. The van der Waals surface area contributed by atoms with Crippen molar-refractivity contribution in [3.63, 3.8) is 0 Å². The zero-order valence-electron chi connectivity index (χ0n) is 15.9. The summed E-state index contributed by atoms with van der Waals surface area (Å²) in [4.78, 5) is 18.9. The molecule has 6 heteroatoms. The van der Waals surface area contributed by atoms with Crippen molar-refractivity contribution in [2.45, 2.75) is 25.6 Å². The average molecular weight is 383 g/mol. The highest BCUT2D eigenvalue weighted by molar-refractivity contribution is 5.80. The number of nitrogens with two attached hydrogens (primary N) is 1. The number of amides is 1. The molecule has 6 nitrogen and oxygen atoms in total. The quantitative estimate of drug-likeness (QED) is 0.588. The maximum atomic E-state index is 12.1. The first kappa shape index (κ1) is 17.6. The van der Waals surface area contributed by atoms with E-state index >= 15 is 0 Å². The smallest absolute Gasteiger partial charge is 0.235 e. The molecule has 1 aliphatic rings. The Hall–Kier alpha value is -3.51. The first-order valence-corrected chi connectivity index (χ1v) is 9.67. The van der Waals surface area contributed by atoms with Crippen LogP contribution in [0.1, 0.15) is 16.7 Å². The van der Waals surface area contributed by atoms with Crippen LogP contribution in [0.25, 0.3) is 16.8 Å². The summed E-state index contributed by atoms with van der Waals surface area (Å²) in [5.41, 5.74) is 12.0. The van der Waals surface area contributed by atoms with Crippen LogP contribution in [-0.2, 0) is 24.3 Å². The summed E-state index contributed by atoms with van der Waals surface area (Å²) in [6, 6.07) is 18.0. The SMILES string of the molecule is NC(=O)[C@H]1Cc2ccccc2CN1Cc1cnc2c(-c3ccccc3)cnn2c1. The largest absolute Gasteiger partial charge is 0.368 e. The van der Waals surface area contributed by atoms with Gasteiger partial charge in [-0.05, 0) is 23.1 Å². The van der Waals surface area contributed by atoms with Gasteiger partial charge in [0.05, 0.1) is 12.2 Å². The summed E-state index contributed by atoms with van der Waals surface area (Å²) in [7, 11) is 0. The molecule has 0 aliphatic carbocycles. The van der Waals surface area contributed by atoms with E-state index in [0.717, 1.165) is 22.3 Å². The highest BCUT2D eigenvalue weighted by Crippen LogP contribution is 2.26. The van der Waals surface area contributed by atoms with E-state index in [2.05, 4.69) is 39.2 Å². The summed E-state index contributed by atoms with van der Waals surface area (Å²) in [6.45, 7) is 1.28. The van der Waals surface area contributed by atoms with Crippen LogP contribution < -0.4 is 5.73 Å². The van der Waals surface area contributed by atoms with E-state index in [1.165, 1.54) is 11.1 Å². The van der Waals surface area contributed by atoms with E-state index in [1.807, 2.05) is 48.9 Å². The predicted molar refractivity (Wildman–Crippen MR) is 111 cm³/mol. The molecule has 0 saturated carbocycles. The highest BCUT2D eigenvalue weighted by Gasteiger charge is 2.30. The van der Waals surface area contributed by atoms with Gasteiger partial charge in [-0.2, -0.15) is 5.10 Å². The van der Waals surface area contributed by atoms with Crippen LogP contribution >= 0.6 is 0 Å². The number of nitrogens with zero attached hydrogens (tertiary/aromatic N) is 4. The van der Waals surface area contributed by atoms with Crippen LogP contribution in [0.15, 0.2) is 73.2 Å². The molecule has 4 aromatic rings. The van der Waals surface area contributed by atoms with Gasteiger partial charge in [-0.25, -0.2) is 9.50 Å². The van der Waals surface area contributed by atoms with E-state index in [1.54, 1.807) is 4.52 Å². The number of rotatable bonds is 4. The molecular formula is C23H21N5O. The van der Waals surface area contributed by atoms with Gasteiger partial charge < -0.3 is 5.73 Å². The van der Waals surface area contributed by atoms with Crippen LogP contribution in [0.4, 0.5) is 0 Å². The highest BCUT2D eigenvalue weighted by atomic mass is 16.1. The van der Waals surface area contributed by atoms with Crippen molar-refractivity contribution in [2.24, 2.45) is 5.73 Å². The number of hydrogen-bond acceptors (Lipinski definition) is 4. The molecule has 1 amide bonds. The Balaban J connectivity index is 1.45. The predicted octanol–water partition coefficient (Wildman–Crippen LogP) is 2.81. The van der Waals surface area contributed by atoms with E-state index < -0.39 is 0 Å². The van der Waals surface area contributed by atoms with E-state index in [9.17, 15) is 4.79 Å². The zero-order valence-corrected chi connectivity index (χ0v) is 15.9. The van der Waals surface area contributed by atoms with Gasteiger partial charge in [0.25, 0.3) is 0 Å². The van der Waals surface area contributed by atoms with Gasteiger partial charge in [-0.15, -0.1) is 0 Å². The average Bonchev–Trinajstić information content (AvgIpc) is 3.17. The lowest BCUT2D eigenvalue weighted by atomic mass is 9.93. The fourth-order valence-corrected chi connectivity index (χ4v) is 4.07. The molecular weight excluding hydrogens is 362 g/mol. The molecule has 29 heavy (non-hydrogen) atoms. The third-order valence-corrected chi connectivity index (χ3v) is 5.55. The molecule has 0 spiro atoms. The van der Waals surface area contributed by atoms with Gasteiger partial charge in [0.1, 0.15) is 0 Å². The number of primary amides is 1. The maximum absolute atomic E-state index is 12.1. The number of carbonyl (C=O) groups is 1. The van der Waals surface area contributed by atoms with Gasteiger partial charge in [-0.1, -0.05) is 54.6 Å². The van der Waals surface area contributed by atoms with Crippen LogP contribution in [-0.4, -0.2) is 31.4 Å². The minimum Gasteiger partial charge on any atom is -0.368 e. The van der Waals surface area contributed by atoms with Gasteiger partial charge in [-0.3, -0.25) is 9.69 Å². The molecule has 0 fully saturated rings. The van der Waals surface area contributed by atoms with Crippen molar-refractivity contribution in [3.8, 4) is 11.1 Å². The number of carbonyl (C=O) groups excluding carboxylic acids is 1. The van der Waals surface area contributed by atoms with Gasteiger partial charge in [0.2, 0.25) is 5.91 Å². The van der Waals surface area contributed by atoms with Crippen LogP contribution in [0.5, 0.6) is 0 Å². The molecule has 1 aliphatic heterocycles. The van der Waals surface area contributed by atoms with Crippen LogP contribution in [0.2, 0.25) is 0 Å². The van der Waals surface area contributed by atoms with Gasteiger partial charge in [0.15, 0.2) is 5.65 Å². The first-order valence-electron chi connectivity index (χ1n) is 9.67. The van der Waals surface area contributed by atoms with Crippen LogP contribution in [0, 0.1) is 0 Å². The fourth-order valence-electron chi connectivity index (χ4n) is 4.07. The standard InChI is InChI=1S/C23H21N5O/c24-22(29)21-10-18-8-4-5-9-19(18)15-27(21)13-16-11-25-23-20(12-26-28(23)14-16)17-6-2-1-3-7-17/h1-9,11-12,14,21H,10,13,15H2,(H2,24,29)/t21-/m1/s1. The van der Waals surface area contributed by atoms with Crippen molar-refractivity contribution in [3.05, 3.63) is 89.9 Å². The zero-order chi connectivity index (χ0) is 19.8. The number of aromatic nitrogens is 3. The Morgan fingerprint density at radius 1 is 1.03 bits per heavy atom.